The van der Waals surface area contributed by atoms with Crippen LogP contribution in [0.1, 0.15) is 16.7 Å². The van der Waals surface area contributed by atoms with Crippen LogP contribution in [-0.4, -0.2) is 12.9 Å². The van der Waals surface area contributed by atoms with E-state index < -0.39 is 0 Å². The molecule has 0 aliphatic heterocycles. The van der Waals surface area contributed by atoms with E-state index in [-0.39, 0.29) is 5.84 Å². The smallest absolute Gasteiger partial charge is 0.130 e. The molecule has 0 saturated carbocycles. The number of hydrogen-bond acceptors (Lipinski definition) is 3. The molecule has 110 valence electrons. The van der Waals surface area contributed by atoms with E-state index >= 15 is 0 Å². The quantitative estimate of drug-likeness (QED) is 0.620. The molecule has 0 aliphatic rings. The molecule has 21 heavy (non-hydrogen) atoms. The van der Waals surface area contributed by atoms with Crippen LogP contribution in [0.4, 0.5) is 0 Å². The molecule has 0 radical (unpaired) electrons. The number of methoxy groups -OCH3 is 1. The fourth-order valence-corrected chi connectivity index (χ4v) is 2.18. The minimum absolute atomic E-state index is 0.00539. The zero-order valence-electron chi connectivity index (χ0n) is 11.7. The Morgan fingerprint density at radius 1 is 1.10 bits per heavy atom. The van der Waals surface area contributed by atoms with E-state index in [1.165, 1.54) is 0 Å². The Hall–Kier alpha value is -1.85. The van der Waals surface area contributed by atoms with Gasteiger partial charge in [-0.3, -0.25) is 5.41 Å². The first-order valence-electron chi connectivity index (χ1n) is 6.43. The zero-order valence-corrected chi connectivity index (χ0v) is 13.3. The highest BCUT2D eigenvalue weighted by Crippen LogP contribution is 2.20. The van der Waals surface area contributed by atoms with Crippen LogP contribution in [0.3, 0.4) is 0 Å². The molecular weight excluding hydrogens is 332 g/mol. The lowest BCUT2D eigenvalue weighted by Crippen LogP contribution is -2.12. The van der Waals surface area contributed by atoms with Crippen molar-refractivity contribution in [3.8, 4) is 5.75 Å². The van der Waals surface area contributed by atoms with Crippen LogP contribution in [0.25, 0.3) is 0 Å². The molecule has 5 heteroatoms. The summed E-state index contributed by atoms with van der Waals surface area (Å²) in [7, 11) is 1.56. The third-order valence-corrected chi connectivity index (χ3v) is 3.54. The van der Waals surface area contributed by atoms with Gasteiger partial charge in [-0.15, -0.1) is 0 Å². The molecule has 0 bridgehead atoms. The summed E-state index contributed by atoms with van der Waals surface area (Å²) >= 11 is 3.40. The third kappa shape index (κ3) is 4.31. The second-order valence-electron chi connectivity index (χ2n) is 4.57. The number of ether oxygens (including phenoxy) is 2. The molecular formula is C16H17BrN2O2. The van der Waals surface area contributed by atoms with Crippen molar-refractivity contribution in [2.24, 2.45) is 5.73 Å². The highest BCUT2D eigenvalue weighted by Gasteiger charge is 2.07. The van der Waals surface area contributed by atoms with Crippen molar-refractivity contribution in [1.82, 2.24) is 0 Å². The van der Waals surface area contributed by atoms with Gasteiger partial charge in [-0.2, -0.15) is 0 Å². The maximum absolute atomic E-state index is 7.48. The third-order valence-electron chi connectivity index (χ3n) is 3.01. The average molecular weight is 349 g/mol. The second-order valence-corrected chi connectivity index (χ2v) is 5.48. The molecule has 0 unspecified atom stereocenters. The normalized spacial score (nSPS) is 10.4. The molecule has 0 spiro atoms. The highest BCUT2D eigenvalue weighted by atomic mass is 79.9. The summed E-state index contributed by atoms with van der Waals surface area (Å²) < 4.78 is 12.0. The van der Waals surface area contributed by atoms with Crippen molar-refractivity contribution in [3.63, 3.8) is 0 Å². The summed E-state index contributed by atoms with van der Waals surface area (Å²) in [5.41, 5.74) is 8.19. The summed E-state index contributed by atoms with van der Waals surface area (Å²) in [6.07, 6.45) is 0. The van der Waals surface area contributed by atoms with Crippen molar-refractivity contribution >= 4 is 21.8 Å². The fraction of sp³-hybridized carbons (Fsp3) is 0.188. The minimum Gasteiger partial charge on any atom is -0.496 e. The number of halogens is 1. The largest absolute Gasteiger partial charge is 0.496 e. The number of nitrogen functional groups attached to an aromatic ring is 1. The number of hydrogen-bond donors (Lipinski definition) is 2. The van der Waals surface area contributed by atoms with Gasteiger partial charge in [0.25, 0.3) is 0 Å². The van der Waals surface area contributed by atoms with Gasteiger partial charge in [0.2, 0.25) is 0 Å². The first-order chi connectivity index (χ1) is 10.1. The van der Waals surface area contributed by atoms with E-state index in [4.69, 9.17) is 20.6 Å². The Kier molecular flexibility index (Phi) is 5.36. The lowest BCUT2D eigenvalue weighted by molar-refractivity contribution is 0.107. The van der Waals surface area contributed by atoms with Gasteiger partial charge in [0, 0.05) is 4.47 Å². The van der Waals surface area contributed by atoms with Crippen LogP contribution in [0.5, 0.6) is 5.75 Å². The Bertz CT molecular complexity index is 627. The molecule has 0 heterocycles. The van der Waals surface area contributed by atoms with E-state index in [9.17, 15) is 0 Å². The molecule has 0 aromatic heterocycles. The summed E-state index contributed by atoms with van der Waals surface area (Å²) in [4.78, 5) is 0. The van der Waals surface area contributed by atoms with Crippen LogP contribution >= 0.6 is 15.9 Å². The molecule has 0 atom stereocenters. The maximum atomic E-state index is 7.48. The van der Waals surface area contributed by atoms with Gasteiger partial charge < -0.3 is 15.2 Å². The van der Waals surface area contributed by atoms with E-state index in [0.717, 1.165) is 15.6 Å². The van der Waals surface area contributed by atoms with Gasteiger partial charge in [0.15, 0.2) is 0 Å². The number of benzene rings is 2. The second kappa shape index (κ2) is 7.24. The summed E-state index contributed by atoms with van der Waals surface area (Å²) in [6, 6.07) is 13.5. The van der Waals surface area contributed by atoms with Gasteiger partial charge >= 0.3 is 0 Å². The molecule has 4 nitrogen and oxygen atoms in total. The number of amidine groups is 1. The monoisotopic (exact) mass is 348 g/mol. The molecule has 3 N–H and O–H groups in total. The lowest BCUT2D eigenvalue weighted by atomic mass is 10.1. The van der Waals surface area contributed by atoms with Crippen LogP contribution in [0, 0.1) is 5.41 Å². The molecule has 0 fully saturated rings. The van der Waals surface area contributed by atoms with Gasteiger partial charge in [-0.1, -0.05) is 34.1 Å². The topological polar surface area (TPSA) is 68.3 Å². The van der Waals surface area contributed by atoms with Crippen LogP contribution in [-0.2, 0) is 18.0 Å². The maximum Gasteiger partial charge on any atom is 0.130 e. The predicted octanol–water partition coefficient (Wildman–Crippen LogP) is 3.46. The highest BCUT2D eigenvalue weighted by molar-refractivity contribution is 9.10. The molecule has 2 rings (SSSR count). The SMILES string of the molecule is COc1cc(COCc2ccc(Br)cc2)ccc1C(=N)N. The van der Waals surface area contributed by atoms with Crippen molar-refractivity contribution in [2.45, 2.75) is 13.2 Å². The Labute approximate surface area is 132 Å². The average Bonchev–Trinajstić information content (AvgIpc) is 2.49. The molecule has 0 aliphatic carbocycles. The molecule has 0 amide bonds. The first kappa shape index (κ1) is 15.5. The van der Waals surface area contributed by atoms with Crippen molar-refractivity contribution < 1.29 is 9.47 Å². The van der Waals surface area contributed by atoms with Crippen LogP contribution in [0.15, 0.2) is 46.9 Å². The van der Waals surface area contributed by atoms with Crippen LogP contribution in [0.2, 0.25) is 0 Å². The first-order valence-corrected chi connectivity index (χ1v) is 7.23. The summed E-state index contributed by atoms with van der Waals surface area (Å²) in [6.45, 7) is 1.02. The van der Waals surface area contributed by atoms with Crippen LogP contribution < -0.4 is 10.5 Å². The summed E-state index contributed by atoms with van der Waals surface area (Å²) in [5.74, 6) is 0.585. The van der Waals surface area contributed by atoms with E-state index in [1.807, 2.05) is 36.4 Å². The van der Waals surface area contributed by atoms with Crippen molar-refractivity contribution in [1.29, 1.82) is 5.41 Å². The van der Waals surface area contributed by atoms with E-state index in [2.05, 4.69) is 15.9 Å². The number of rotatable bonds is 6. The van der Waals surface area contributed by atoms with Crippen molar-refractivity contribution in [3.05, 3.63) is 63.6 Å². The van der Waals surface area contributed by atoms with Gasteiger partial charge in [-0.25, -0.2) is 0 Å². The Balaban J connectivity index is 1.97. The number of nitrogens with two attached hydrogens (primary N) is 1. The molecule has 0 saturated heterocycles. The Morgan fingerprint density at radius 3 is 2.33 bits per heavy atom. The molecule has 2 aromatic rings. The standard InChI is InChI=1S/C16H17BrN2O2/c1-20-15-8-12(4-7-14(15)16(18)19)10-21-9-11-2-5-13(17)6-3-11/h2-8H,9-10H2,1H3,(H3,18,19). The molecule has 2 aromatic carbocycles. The number of nitrogens with one attached hydrogen (secondary N) is 1. The summed E-state index contributed by atoms with van der Waals surface area (Å²) in [5, 5.41) is 7.48. The minimum atomic E-state index is -0.00539. The van der Waals surface area contributed by atoms with E-state index in [0.29, 0.717) is 24.5 Å². The zero-order chi connectivity index (χ0) is 15.2. The van der Waals surface area contributed by atoms with E-state index in [1.54, 1.807) is 13.2 Å². The van der Waals surface area contributed by atoms with Gasteiger partial charge in [0.05, 0.1) is 25.9 Å². The van der Waals surface area contributed by atoms with Gasteiger partial charge in [0.1, 0.15) is 11.6 Å². The lowest BCUT2D eigenvalue weighted by Gasteiger charge is -2.10. The van der Waals surface area contributed by atoms with Crippen molar-refractivity contribution in [2.75, 3.05) is 7.11 Å². The van der Waals surface area contributed by atoms with Gasteiger partial charge in [-0.05, 0) is 35.4 Å². The fourth-order valence-electron chi connectivity index (χ4n) is 1.92. The Morgan fingerprint density at radius 2 is 1.71 bits per heavy atom. The predicted molar refractivity (Wildman–Crippen MR) is 86.6 cm³/mol.